The first-order chi connectivity index (χ1) is 14.8. The molecule has 1 unspecified atom stereocenters. The van der Waals surface area contributed by atoms with E-state index in [2.05, 4.69) is 4.72 Å². The molecule has 2 aromatic rings. The third-order valence-electron chi connectivity index (χ3n) is 4.76. The summed E-state index contributed by atoms with van der Waals surface area (Å²) in [6, 6.07) is 0.287. The molecule has 174 valence electrons. The molecular weight excluding hydrogens is 468 g/mol. The van der Waals surface area contributed by atoms with Crippen molar-refractivity contribution in [3.8, 4) is 5.75 Å². The lowest BCUT2D eigenvalue weighted by Crippen LogP contribution is -2.32. The zero-order valence-corrected chi connectivity index (χ0v) is 16.8. The largest absolute Gasteiger partial charge is 0.479 e. The van der Waals surface area contributed by atoms with Gasteiger partial charge < -0.3 is 9.84 Å². The number of rotatable bonds is 6. The molecule has 3 rings (SSSR count). The number of benzene rings is 2. The number of alkyl halides is 3. The second kappa shape index (κ2) is 8.62. The molecule has 13 heteroatoms. The van der Waals surface area contributed by atoms with Gasteiger partial charge in [0.2, 0.25) is 15.8 Å². The molecule has 0 heterocycles. The quantitative estimate of drug-likeness (QED) is 0.608. The Hall–Kier alpha value is -2.80. The van der Waals surface area contributed by atoms with E-state index in [1.807, 2.05) is 0 Å². The number of carbonyl (C=O) groups is 1. The topological polar surface area (TPSA) is 92.7 Å². The minimum atomic E-state index is -5.00. The van der Waals surface area contributed by atoms with Gasteiger partial charge in [0.05, 0.1) is 10.5 Å². The zero-order chi connectivity index (χ0) is 23.8. The average Bonchev–Trinajstić information content (AvgIpc) is 2.67. The van der Waals surface area contributed by atoms with E-state index in [1.54, 1.807) is 0 Å². The van der Waals surface area contributed by atoms with E-state index in [0.29, 0.717) is 12.1 Å². The number of nitrogens with one attached hydrogen (secondary N) is 1. The van der Waals surface area contributed by atoms with Crippen LogP contribution >= 0.6 is 0 Å². The maximum absolute atomic E-state index is 14.2. The summed E-state index contributed by atoms with van der Waals surface area (Å²) in [6.07, 6.45) is -4.58. The molecule has 1 aliphatic carbocycles. The second-order valence-electron chi connectivity index (χ2n) is 6.99. The summed E-state index contributed by atoms with van der Waals surface area (Å²) in [7, 11) is -4.71. The fraction of sp³-hybridized carbons (Fsp3) is 0.316. The van der Waals surface area contributed by atoms with Crippen LogP contribution in [0, 0.1) is 17.5 Å². The Balaban J connectivity index is 2.00. The second-order valence-corrected chi connectivity index (χ2v) is 8.71. The van der Waals surface area contributed by atoms with Gasteiger partial charge in [-0.25, -0.2) is 26.7 Å². The van der Waals surface area contributed by atoms with E-state index < -0.39 is 68.5 Å². The Bertz CT molecular complexity index is 1170. The Labute approximate surface area is 177 Å². The Morgan fingerprint density at radius 2 is 1.84 bits per heavy atom. The van der Waals surface area contributed by atoms with Crippen LogP contribution in [0.4, 0.5) is 26.3 Å². The lowest BCUT2D eigenvalue weighted by atomic mass is 9.87. The predicted molar refractivity (Wildman–Crippen MR) is 96.9 cm³/mol. The number of carboxylic acid groups (broad SMARTS) is 1. The molecular formula is C19H15F6NO5S. The number of sulfonamides is 1. The van der Waals surface area contributed by atoms with E-state index >= 15 is 0 Å². The molecule has 2 aromatic carbocycles. The summed E-state index contributed by atoms with van der Waals surface area (Å²) in [4.78, 5) is 9.73. The van der Waals surface area contributed by atoms with Gasteiger partial charge in [-0.05, 0) is 49.1 Å². The van der Waals surface area contributed by atoms with E-state index in [-0.39, 0.29) is 42.5 Å². The molecule has 2 N–H and O–H groups in total. The molecule has 6 nitrogen and oxygen atoms in total. The van der Waals surface area contributed by atoms with E-state index in [1.165, 1.54) is 0 Å². The lowest BCUT2D eigenvalue weighted by molar-refractivity contribution is -0.139. The van der Waals surface area contributed by atoms with Gasteiger partial charge >= 0.3 is 12.1 Å². The molecule has 0 saturated carbocycles. The zero-order valence-electron chi connectivity index (χ0n) is 16.0. The predicted octanol–water partition coefficient (Wildman–Crippen LogP) is 3.94. The molecule has 0 bridgehead atoms. The summed E-state index contributed by atoms with van der Waals surface area (Å²) in [5.41, 5.74) is -1.55. The van der Waals surface area contributed by atoms with Gasteiger partial charge in [-0.3, -0.25) is 0 Å². The van der Waals surface area contributed by atoms with Crippen molar-refractivity contribution >= 4 is 16.0 Å². The van der Waals surface area contributed by atoms with Crippen LogP contribution < -0.4 is 9.46 Å². The molecule has 1 aliphatic rings. The van der Waals surface area contributed by atoms with Crippen LogP contribution in [0.15, 0.2) is 29.2 Å². The summed E-state index contributed by atoms with van der Waals surface area (Å²) in [5, 5.41) is 8.73. The molecule has 32 heavy (non-hydrogen) atoms. The monoisotopic (exact) mass is 483 g/mol. The molecule has 1 atom stereocenters. The van der Waals surface area contributed by atoms with Crippen molar-refractivity contribution in [1.29, 1.82) is 0 Å². The van der Waals surface area contributed by atoms with Crippen LogP contribution in [-0.4, -0.2) is 26.1 Å². The Morgan fingerprint density at radius 3 is 2.47 bits per heavy atom. The fourth-order valence-corrected chi connectivity index (χ4v) is 4.72. The van der Waals surface area contributed by atoms with E-state index in [4.69, 9.17) is 9.84 Å². The first-order valence-corrected chi connectivity index (χ1v) is 10.5. The maximum atomic E-state index is 14.2. The third kappa shape index (κ3) is 4.99. The average molecular weight is 483 g/mol. The van der Waals surface area contributed by atoms with Crippen LogP contribution in [-0.2, 0) is 27.4 Å². The van der Waals surface area contributed by atoms with Crippen LogP contribution in [0.2, 0.25) is 0 Å². The van der Waals surface area contributed by atoms with Gasteiger partial charge in [0, 0.05) is 11.6 Å². The highest BCUT2D eigenvalue weighted by Gasteiger charge is 2.35. The van der Waals surface area contributed by atoms with Gasteiger partial charge in [-0.15, -0.1) is 0 Å². The summed E-state index contributed by atoms with van der Waals surface area (Å²) < 4.78 is 113. The molecule has 0 aromatic heterocycles. The molecule has 0 radical (unpaired) electrons. The standard InChI is InChI=1S/C19H15F6NO5S/c20-10-4-9(19(23,24)25)5-11(6-10)32(29,30)26-15-3-1-2-12-13(15)7-14(21)17(22)18(12)31-8-16(27)28/h4-7,15,26H,1-3,8H2,(H,27,28). The third-order valence-corrected chi connectivity index (χ3v) is 6.21. The van der Waals surface area contributed by atoms with Crippen molar-refractivity contribution in [3.05, 3.63) is 58.4 Å². The van der Waals surface area contributed by atoms with Gasteiger partial charge in [-0.2, -0.15) is 17.6 Å². The molecule has 0 saturated heterocycles. The van der Waals surface area contributed by atoms with E-state index in [9.17, 15) is 39.6 Å². The highest BCUT2D eigenvalue weighted by molar-refractivity contribution is 7.89. The van der Waals surface area contributed by atoms with Crippen molar-refractivity contribution in [1.82, 2.24) is 4.72 Å². The minimum absolute atomic E-state index is 0.0272. The van der Waals surface area contributed by atoms with Crippen molar-refractivity contribution in [2.24, 2.45) is 0 Å². The SMILES string of the molecule is O=C(O)COc1c(F)c(F)cc2c1CCCC2NS(=O)(=O)c1cc(F)cc(C(F)(F)F)c1. The van der Waals surface area contributed by atoms with Crippen LogP contribution in [0.25, 0.3) is 0 Å². The number of hydrogen-bond donors (Lipinski definition) is 2. The number of fused-ring (bicyclic) bond motifs is 1. The highest BCUT2D eigenvalue weighted by atomic mass is 32.2. The molecule has 0 aliphatic heterocycles. The van der Waals surface area contributed by atoms with Gasteiger partial charge in [0.25, 0.3) is 0 Å². The summed E-state index contributed by atoms with van der Waals surface area (Å²) in [6.45, 7) is -0.979. The fourth-order valence-electron chi connectivity index (χ4n) is 3.41. The van der Waals surface area contributed by atoms with Crippen molar-refractivity contribution in [2.75, 3.05) is 6.61 Å². The first kappa shape index (κ1) is 23.9. The van der Waals surface area contributed by atoms with E-state index in [0.717, 1.165) is 0 Å². The number of ether oxygens (including phenoxy) is 1. The summed E-state index contributed by atoms with van der Waals surface area (Å²) in [5.74, 6) is -6.45. The lowest BCUT2D eigenvalue weighted by Gasteiger charge is -2.28. The van der Waals surface area contributed by atoms with Crippen molar-refractivity contribution in [3.63, 3.8) is 0 Å². The van der Waals surface area contributed by atoms with Gasteiger partial charge in [-0.1, -0.05) is 0 Å². The molecule has 0 fully saturated rings. The van der Waals surface area contributed by atoms with Crippen LogP contribution in [0.1, 0.15) is 35.6 Å². The van der Waals surface area contributed by atoms with Gasteiger partial charge in [0.1, 0.15) is 5.82 Å². The number of aliphatic carboxylic acids is 1. The van der Waals surface area contributed by atoms with Crippen LogP contribution in [0.3, 0.4) is 0 Å². The Kier molecular flexibility index (Phi) is 6.43. The highest BCUT2D eigenvalue weighted by Crippen LogP contribution is 2.39. The number of carboxylic acids is 1. The maximum Gasteiger partial charge on any atom is 0.416 e. The number of halogens is 6. The van der Waals surface area contributed by atoms with Crippen molar-refractivity contribution in [2.45, 2.75) is 36.4 Å². The normalized spacial score (nSPS) is 16.5. The van der Waals surface area contributed by atoms with Crippen molar-refractivity contribution < 1.29 is 49.4 Å². The smallest absolute Gasteiger partial charge is 0.416 e. The Morgan fingerprint density at radius 1 is 1.16 bits per heavy atom. The first-order valence-electron chi connectivity index (χ1n) is 9.05. The summed E-state index contributed by atoms with van der Waals surface area (Å²) >= 11 is 0. The molecule has 0 spiro atoms. The molecule has 0 amide bonds. The minimum Gasteiger partial charge on any atom is -0.479 e. The van der Waals surface area contributed by atoms with Crippen LogP contribution in [0.5, 0.6) is 5.75 Å². The van der Waals surface area contributed by atoms with Gasteiger partial charge in [0.15, 0.2) is 18.2 Å². The number of hydrogen-bond acceptors (Lipinski definition) is 4.